The Morgan fingerprint density at radius 3 is 2.62 bits per heavy atom. The Balaban J connectivity index is 1.85. The first-order chi connectivity index (χ1) is 10.1. The molecule has 0 bridgehead atoms. The van der Waals surface area contributed by atoms with Crippen molar-refractivity contribution < 1.29 is 9.63 Å². The maximum atomic E-state index is 9.77. The molecular formula is C15H10Cl2N2O2. The zero-order valence-corrected chi connectivity index (χ0v) is 12.3. The SMILES string of the molecule is Oc1ccccc1-c1nc(Cc2ccc(Cl)c(Cl)c2)no1. The van der Waals surface area contributed by atoms with Crippen molar-refractivity contribution >= 4 is 23.2 Å². The van der Waals surface area contributed by atoms with Gasteiger partial charge in [-0.05, 0) is 29.8 Å². The highest BCUT2D eigenvalue weighted by atomic mass is 35.5. The largest absolute Gasteiger partial charge is 0.507 e. The first kappa shape index (κ1) is 13.9. The van der Waals surface area contributed by atoms with Crippen molar-refractivity contribution in [2.75, 3.05) is 0 Å². The maximum absolute atomic E-state index is 9.77. The van der Waals surface area contributed by atoms with Gasteiger partial charge in [0.15, 0.2) is 5.82 Å². The van der Waals surface area contributed by atoms with Gasteiger partial charge in [0.05, 0.1) is 15.6 Å². The van der Waals surface area contributed by atoms with Crippen LogP contribution in [-0.2, 0) is 6.42 Å². The van der Waals surface area contributed by atoms with Gasteiger partial charge < -0.3 is 9.63 Å². The van der Waals surface area contributed by atoms with Gasteiger partial charge >= 0.3 is 0 Å². The van der Waals surface area contributed by atoms with Crippen molar-refractivity contribution in [1.82, 2.24) is 10.1 Å². The van der Waals surface area contributed by atoms with Crippen LogP contribution in [0.25, 0.3) is 11.5 Å². The van der Waals surface area contributed by atoms with Gasteiger partial charge in [-0.1, -0.05) is 46.6 Å². The van der Waals surface area contributed by atoms with Gasteiger partial charge in [0.25, 0.3) is 5.89 Å². The second-order valence-corrected chi connectivity index (χ2v) is 5.27. The number of hydrogen-bond acceptors (Lipinski definition) is 4. The summed E-state index contributed by atoms with van der Waals surface area (Å²) >= 11 is 11.8. The predicted molar refractivity (Wildman–Crippen MR) is 80.7 cm³/mol. The molecule has 106 valence electrons. The fourth-order valence-electron chi connectivity index (χ4n) is 1.92. The van der Waals surface area contributed by atoms with Crippen molar-refractivity contribution in [3.8, 4) is 17.2 Å². The molecule has 6 heteroatoms. The average Bonchev–Trinajstić information content (AvgIpc) is 2.92. The van der Waals surface area contributed by atoms with E-state index in [0.717, 1.165) is 5.56 Å². The lowest BCUT2D eigenvalue weighted by molar-refractivity contribution is 0.418. The second kappa shape index (κ2) is 5.76. The summed E-state index contributed by atoms with van der Waals surface area (Å²) in [5.41, 5.74) is 1.43. The molecule has 0 atom stereocenters. The molecule has 0 radical (unpaired) electrons. The number of para-hydroxylation sites is 1. The van der Waals surface area contributed by atoms with Gasteiger partial charge in [0, 0.05) is 6.42 Å². The summed E-state index contributed by atoms with van der Waals surface area (Å²) in [5.74, 6) is 0.886. The highest BCUT2D eigenvalue weighted by Crippen LogP contribution is 2.28. The molecule has 0 unspecified atom stereocenters. The number of hydrogen-bond donors (Lipinski definition) is 1. The Hall–Kier alpha value is -2.04. The van der Waals surface area contributed by atoms with Crippen LogP contribution in [0.5, 0.6) is 5.75 Å². The molecule has 2 aromatic carbocycles. The minimum atomic E-state index is 0.0993. The Kier molecular flexibility index (Phi) is 3.82. The molecule has 21 heavy (non-hydrogen) atoms. The zero-order chi connectivity index (χ0) is 14.8. The van der Waals surface area contributed by atoms with E-state index in [0.29, 0.717) is 27.9 Å². The molecule has 0 spiro atoms. The molecule has 0 fully saturated rings. The number of phenols is 1. The number of phenolic OH excluding ortho intramolecular Hbond substituents is 1. The quantitative estimate of drug-likeness (QED) is 0.779. The van der Waals surface area contributed by atoms with E-state index in [-0.39, 0.29) is 11.6 Å². The van der Waals surface area contributed by atoms with Gasteiger partial charge in [-0.25, -0.2) is 0 Å². The van der Waals surface area contributed by atoms with Crippen LogP contribution in [0.3, 0.4) is 0 Å². The molecule has 1 heterocycles. The first-order valence-corrected chi connectivity index (χ1v) is 6.94. The molecule has 1 aromatic heterocycles. The van der Waals surface area contributed by atoms with Gasteiger partial charge in [-0.15, -0.1) is 0 Å². The fourth-order valence-corrected chi connectivity index (χ4v) is 2.24. The van der Waals surface area contributed by atoms with Gasteiger partial charge in [0.1, 0.15) is 5.75 Å². The number of aromatic nitrogens is 2. The van der Waals surface area contributed by atoms with E-state index in [1.165, 1.54) is 0 Å². The average molecular weight is 321 g/mol. The van der Waals surface area contributed by atoms with E-state index in [1.807, 2.05) is 6.07 Å². The number of benzene rings is 2. The van der Waals surface area contributed by atoms with Crippen LogP contribution in [0.2, 0.25) is 10.0 Å². The minimum Gasteiger partial charge on any atom is -0.507 e. The lowest BCUT2D eigenvalue weighted by atomic mass is 10.1. The van der Waals surface area contributed by atoms with Crippen molar-refractivity contribution in [2.45, 2.75) is 6.42 Å². The van der Waals surface area contributed by atoms with Crippen LogP contribution in [0.15, 0.2) is 47.0 Å². The van der Waals surface area contributed by atoms with Crippen LogP contribution in [-0.4, -0.2) is 15.2 Å². The molecule has 4 nitrogen and oxygen atoms in total. The van der Waals surface area contributed by atoms with E-state index in [9.17, 15) is 5.11 Å². The number of aromatic hydroxyl groups is 1. The highest BCUT2D eigenvalue weighted by Gasteiger charge is 2.12. The predicted octanol–water partition coefficient (Wildman–Crippen LogP) is 4.34. The summed E-state index contributed by atoms with van der Waals surface area (Å²) in [7, 11) is 0. The lowest BCUT2D eigenvalue weighted by Gasteiger charge is -1.99. The third-order valence-corrected chi connectivity index (χ3v) is 3.69. The van der Waals surface area contributed by atoms with Gasteiger partial charge in [0.2, 0.25) is 0 Å². The summed E-state index contributed by atoms with van der Waals surface area (Å²) in [5, 5.41) is 14.7. The minimum absolute atomic E-state index is 0.0993. The first-order valence-electron chi connectivity index (χ1n) is 6.18. The number of halogens is 2. The highest BCUT2D eigenvalue weighted by molar-refractivity contribution is 6.42. The summed E-state index contributed by atoms with van der Waals surface area (Å²) in [6.07, 6.45) is 0.466. The van der Waals surface area contributed by atoms with E-state index in [1.54, 1.807) is 36.4 Å². The molecule has 0 saturated carbocycles. The third-order valence-electron chi connectivity index (χ3n) is 2.95. The number of rotatable bonds is 3. The van der Waals surface area contributed by atoms with Gasteiger partial charge in [-0.2, -0.15) is 4.98 Å². The molecule has 0 aliphatic rings. The smallest absolute Gasteiger partial charge is 0.261 e. The normalized spacial score (nSPS) is 10.8. The molecule has 0 aliphatic carbocycles. The molecule has 1 N–H and O–H groups in total. The second-order valence-electron chi connectivity index (χ2n) is 4.46. The lowest BCUT2D eigenvalue weighted by Crippen LogP contribution is -1.91. The van der Waals surface area contributed by atoms with E-state index >= 15 is 0 Å². The van der Waals surface area contributed by atoms with Crippen LogP contribution in [0.4, 0.5) is 0 Å². The summed E-state index contributed by atoms with van der Waals surface area (Å²) in [4.78, 5) is 4.27. The molecule has 0 amide bonds. The Morgan fingerprint density at radius 1 is 1.05 bits per heavy atom. The van der Waals surface area contributed by atoms with Crippen molar-refractivity contribution in [2.24, 2.45) is 0 Å². The molecule has 3 aromatic rings. The fraction of sp³-hybridized carbons (Fsp3) is 0.0667. The van der Waals surface area contributed by atoms with Crippen molar-refractivity contribution in [1.29, 1.82) is 0 Å². The Labute approximate surface area is 130 Å². The van der Waals surface area contributed by atoms with E-state index in [2.05, 4.69) is 10.1 Å². The Bertz CT molecular complexity index is 787. The number of nitrogens with zero attached hydrogens (tertiary/aromatic N) is 2. The standard InChI is InChI=1S/C15H10Cl2N2O2/c16-11-6-5-9(7-12(11)17)8-14-18-15(21-19-14)10-3-1-2-4-13(10)20/h1-7,20H,8H2. The van der Waals surface area contributed by atoms with Crippen molar-refractivity contribution in [3.63, 3.8) is 0 Å². The van der Waals surface area contributed by atoms with Crippen LogP contribution in [0, 0.1) is 0 Å². The summed E-state index contributed by atoms with van der Waals surface area (Å²) in [6, 6.07) is 12.1. The van der Waals surface area contributed by atoms with E-state index in [4.69, 9.17) is 27.7 Å². The van der Waals surface area contributed by atoms with Gasteiger partial charge in [-0.3, -0.25) is 0 Å². The molecule has 0 saturated heterocycles. The molecule has 3 rings (SSSR count). The third kappa shape index (κ3) is 3.01. The topological polar surface area (TPSA) is 59.2 Å². The van der Waals surface area contributed by atoms with Crippen LogP contribution in [0.1, 0.15) is 11.4 Å². The van der Waals surface area contributed by atoms with E-state index < -0.39 is 0 Å². The summed E-state index contributed by atoms with van der Waals surface area (Å²) < 4.78 is 5.18. The van der Waals surface area contributed by atoms with Crippen molar-refractivity contribution in [3.05, 3.63) is 63.9 Å². The summed E-state index contributed by atoms with van der Waals surface area (Å²) in [6.45, 7) is 0. The monoisotopic (exact) mass is 320 g/mol. The molecular weight excluding hydrogens is 311 g/mol. The molecule has 0 aliphatic heterocycles. The maximum Gasteiger partial charge on any atom is 0.261 e. The zero-order valence-electron chi connectivity index (χ0n) is 10.8. The van der Waals surface area contributed by atoms with Crippen LogP contribution >= 0.6 is 23.2 Å². The Morgan fingerprint density at radius 2 is 1.86 bits per heavy atom. The van der Waals surface area contributed by atoms with Crippen LogP contribution < -0.4 is 0 Å².